The number of benzene rings is 1. The Bertz CT molecular complexity index is 1050. The fourth-order valence-corrected chi connectivity index (χ4v) is 3.45. The third kappa shape index (κ3) is 3.69. The molecule has 0 saturated carbocycles. The lowest BCUT2D eigenvalue weighted by Crippen LogP contribution is -2.47. The SMILES string of the molecule is CN1CCN(C(=O)c2cc(-c3ccc(C(F)(F)F)cc3)nc3c2cnn3C)CC1. The summed E-state index contributed by atoms with van der Waals surface area (Å²) in [5.74, 6) is -0.119. The molecule has 4 rings (SSSR count). The maximum absolute atomic E-state index is 13.2. The molecular weight excluding hydrogens is 383 g/mol. The lowest BCUT2D eigenvalue weighted by atomic mass is 10.0. The second-order valence-corrected chi connectivity index (χ2v) is 7.23. The number of alkyl halides is 3. The summed E-state index contributed by atoms with van der Waals surface area (Å²) in [5, 5.41) is 4.84. The minimum absolute atomic E-state index is 0.119. The largest absolute Gasteiger partial charge is 0.416 e. The number of fused-ring (bicyclic) bond motifs is 1. The summed E-state index contributed by atoms with van der Waals surface area (Å²) in [4.78, 5) is 21.7. The number of rotatable bonds is 2. The Balaban J connectivity index is 1.76. The van der Waals surface area contributed by atoms with Crippen molar-refractivity contribution >= 4 is 16.9 Å². The quantitative estimate of drug-likeness (QED) is 0.660. The number of nitrogens with zero attached hydrogens (tertiary/aromatic N) is 5. The van der Waals surface area contributed by atoms with Crippen molar-refractivity contribution in [1.82, 2.24) is 24.6 Å². The number of aryl methyl sites for hydroxylation is 1. The predicted molar refractivity (Wildman–Crippen MR) is 102 cm³/mol. The van der Waals surface area contributed by atoms with Gasteiger partial charge in [-0.3, -0.25) is 9.48 Å². The van der Waals surface area contributed by atoms with E-state index in [1.807, 2.05) is 7.05 Å². The molecule has 1 aromatic carbocycles. The van der Waals surface area contributed by atoms with Crippen molar-refractivity contribution < 1.29 is 18.0 Å². The number of piperazine rings is 1. The van der Waals surface area contributed by atoms with Gasteiger partial charge in [-0.2, -0.15) is 18.3 Å². The summed E-state index contributed by atoms with van der Waals surface area (Å²) in [6.45, 7) is 2.82. The van der Waals surface area contributed by atoms with Gasteiger partial charge >= 0.3 is 6.18 Å². The molecule has 6 nitrogen and oxygen atoms in total. The van der Waals surface area contributed by atoms with Gasteiger partial charge in [0.25, 0.3) is 5.91 Å². The number of amides is 1. The van der Waals surface area contributed by atoms with Gasteiger partial charge in [-0.25, -0.2) is 4.98 Å². The standard InChI is InChI=1S/C20H20F3N5O/c1-26-7-9-28(10-8-26)19(29)15-11-17(25-18-16(15)12-24-27(18)2)13-3-5-14(6-4-13)20(21,22)23/h3-6,11-12H,7-10H2,1-2H3. The van der Waals surface area contributed by atoms with Crippen LogP contribution in [0.3, 0.4) is 0 Å². The number of aromatic nitrogens is 3. The second kappa shape index (κ2) is 7.14. The molecule has 1 amide bonds. The average molecular weight is 403 g/mol. The van der Waals surface area contributed by atoms with Crippen molar-refractivity contribution in [2.45, 2.75) is 6.18 Å². The van der Waals surface area contributed by atoms with E-state index in [9.17, 15) is 18.0 Å². The van der Waals surface area contributed by atoms with Crippen LogP contribution in [0.5, 0.6) is 0 Å². The van der Waals surface area contributed by atoms with Crippen LogP contribution in [0.2, 0.25) is 0 Å². The van der Waals surface area contributed by atoms with Gasteiger partial charge in [0.05, 0.1) is 28.4 Å². The molecule has 0 bridgehead atoms. The molecule has 152 valence electrons. The highest BCUT2D eigenvalue weighted by Gasteiger charge is 2.30. The minimum atomic E-state index is -4.40. The van der Waals surface area contributed by atoms with Crippen molar-refractivity contribution in [3.05, 3.63) is 47.7 Å². The Hall–Kier alpha value is -2.94. The first-order chi connectivity index (χ1) is 13.7. The van der Waals surface area contributed by atoms with E-state index >= 15 is 0 Å². The zero-order valence-corrected chi connectivity index (χ0v) is 16.1. The summed E-state index contributed by atoms with van der Waals surface area (Å²) >= 11 is 0. The Labute approximate surface area is 165 Å². The van der Waals surface area contributed by atoms with E-state index in [4.69, 9.17) is 0 Å². The van der Waals surface area contributed by atoms with Crippen LogP contribution in [0.1, 0.15) is 15.9 Å². The van der Waals surface area contributed by atoms with Gasteiger partial charge in [-0.1, -0.05) is 12.1 Å². The predicted octanol–water partition coefficient (Wildman–Crippen LogP) is 3.04. The van der Waals surface area contributed by atoms with E-state index in [2.05, 4.69) is 15.0 Å². The van der Waals surface area contributed by atoms with Gasteiger partial charge in [0.15, 0.2) is 5.65 Å². The Morgan fingerprint density at radius 3 is 2.31 bits per heavy atom. The van der Waals surface area contributed by atoms with Crippen LogP contribution in [0.15, 0.2) is 36.5 Å². The van der Waals surface area contributed by atoms with Crippen LogP contribution in [0, 0.1) is 0 Å². The number of hydrogen-bond donors (Lipinski definition) is 0. The normalized spacial score (nSPS) is 15.8. The smallest absolute Gasteiger partial charge is 0.336 e. The topological polar surface area (TPSA) is 54.3 Å². The molecule has 29 heavy (non-hydrogen) atoms. The van der Waals surface area contributed by atoms with E-state index in [1.54, 1.807) is 28.9 Å². The third-order valence-electron chi connectivity index (χ3n) is 5.23. The number of pyridine rings is 1. The molecule has 1 aliphatic rings. The van der Waals surface area contributed by atoms with Gasteiger partial charge in [0.1, 0.15) is 0 Å². The monoisotopic (exact) mass is 403 g/mol. The van der Waals surface area contributed by atoms with E-state index in [0.717, 1.165) is 25.2 Å². The Morgan fingerprint density at radius 2 is 1.69 bits per heavy atom. The summed E-state index contributed by atoms with van der Waals surface area (Å²) in [6, 6.07) is 6.43. The van der Waals surface area contributed by atoms with Gasteiger partial charge in [0.2, 0.25) is 0 Å². The number of likely N-dealkylation sites (N-methyl/N-ethyl adjacent to an activating group) is 1. The van der Waals surface area contributed by atoms with Crippen molar-refractivity contribution in [2.75, 3.05) is 33.2 Å². The Morgan fingerprint density at radius 1 is 1.03 bits per heavy atom. The first kappa shape index (κ1) is 19.4. The summed E-state index contributed by atoms with van der Waals surface area (Å²) in [6.07, 6.45) is -2.80. The molecule has 0 spiro atoms. The molecule has 2 aromatic heterocycles. The zero-order valence-electron chi connectivity index (χ0n) is 16.1. The molecule has 1 aliphatic heterocycles. The minimum Gasteiger partial charge on any atom is -0.336 e. The highest BCUT2D eigenvalue weighted by Crippen LogP contribution is 2.31. The lowest BCUT2D eigenvalue weighted by Gasteiger charge is -2.32. The first-order valence-corrected chi connectivity index (χ1v) is 9.22. The van der Waals surface area contributed by atoms with Crippen molar-refractivity contribution in [3.63, 3.8) is 0 Å². The fraction of sp³-hybridized carbons (Fsp3) is 0.350. The third-order valence-corrected chi connectivity index (χ3v) is 5.23. The van der Waals surface area contributed by atoms with Crippen molar-refractivity contribution in [3.8, 4) is 11.3 Å². The van der Waals surface area contributed by atoms with Gasteiger partial charge in [-0.15, -0.1) is 0 Å². The molecule has 3 heterocycles. The highest BCUT2D eigenvalue weighted by atomic mass is 19.4. The summed E-state index contributed by atoms with van der Waals surface area (Å²) in [5.41, 5.74) is 1.19. The first-order valence-electron chi connectivity index (χ1n) is 9.22. The molecular formula is C20H20F3N5O. The molecule has 3 aromatic rings. The number of carbonyl (C=O) groups excluding carboxylic acids is 1. The molecule has 0 atom stereocenters. The highest BCUT2D eigenvalue weighted by molar-refractivity contribution is 6.06. The van der Waals surface area contributed by atoms with Crippen molar-refractivity contribution in [1.29, 1.82) is 0 Å². The summed E-state index contributed by atoms with van der Waals surface area (Å²) < 4.78 is 40.2. The summed E-state index contributed by atoms with van der Waals surface area (Å²) in [7, 11) is 3.73. The van der Waals surface area contributed by atoms with E-state index in [0.29, 0.717) is 40.9 Å². The molecule has 0 radical (unpaired) electrons. The van der Waals surface area contributed by atoms with Gasteiger partial charge in [0, 0.05) is 38.8 Å². The van der Waals surface area contributed by atoms with Gasteiger partial charge < -0.3 is 9.80 Å². The molecule has 0 unspecified atom stereocenters. The van der Waals surface area contributed by atoms with E-state index in [-0.39, 0.29) is 5.91 Å². The number of hydrogen-bond acceptors (Lipinski definition) is 4. The van der Waals surface area contributed by atoms with E-state index in [1.165, 1.54) is 12.1 Å². The maximum Gasteiger partial charge on any atom is 0.416 e. The molecule has 1 fully saturated rings. The fourth-order valence-electron chi connectivity index (χ4n) is 3.45. The van der Waals surface area contributed by atoms with Crippen LogP contribution >= 0.6 is 0 Å². The van der Waals surface area contributed by atoms with Gasteiger partial charge in [-0.05, 0) is 25.2 Å². The van der Waals surface area contributed by atoms with Crippen LogP contribution in [-0.4, -0.2) is 63.7 Å². The molecule has 1 saturated heterocycles. The maximum atomic E-state index is 13.2. The number of carbonyl (C=O) groups is 1. The second-order valence-electron chi connectivity index (χ2n) is 7.23. The zero-order chi connectivity index (χ0) is 20.8. The van der Waals surface area contributed by atoms with Crippen LogP contribution in [-0.2, 0) is 13.2 Å². The van der Waals surface area contributed by atoms with Crippen LogP contribution < -0.4 is 0 Å². The van der Waals surface area contributed by atoms with E-state index < -0.39 is 11.7 Å². The molecule has 9 heteroatoms. The lowest BCUT2D eigenvalue weighted by molar-refractivity contribution is -0.137. The molecule has 0 N–H and O–H groups in total. The van der Waals surface area contributed by atoms with Crippen LogP contribution in [0.25, 0.3) is 22.3 Å². The van der Waals surface area contributed by atoms with Crippen molar-refractivity contribution in [2.24, 2.45) is 7.05 Å². The Kier molecular flexibility index (Phi) is 4.77. The van der Waals surface area contributed by atoms with Crippen LogP contribution in [0.4, 0.5) is 13.2 Å². The number of halogens is 3. The average Bonchev–Trinajstić information content (AvgIpc) is 3.08. The molecule has 0 aliphatic carbocycles.